The number of aromatic amines is 1. The van der Waals surface area contributed by atoms with E-state index in [4.69, 9.17) is 11.6 Å². The number of alkyl halides is 1. The minimum absolute atomic E-state index is 0.00787. The van der Waals surface area contributed by atoms with Crippen molar-refractivity contribution >= 4 is 28.2 Å². The highest BCUT2D eigenvalue weighted by Gasteiger charge is 2.41. The molecule has 5 rings (SSSR count). The molecule has 3 atom stereocenters. The summed E-state index contributed by atoms with van der Waals surface area (Å²) in [6.45, 7) is 8.84. The summed E-state index contributed by atoms with van der Waals surface area (Å²) in [6.07, 6.45) is 3.03. The first-order valence-corrected chi connectivity index (χ1v) is 13.7. The smallest absolute Gasteiger partial charge is 0.133 e. The second-order valence-corrected chi connectivity index (χ2v) is 12.0. The molecule has 0 spiro atoms. The SMILES string of the molecule is CCCCN1CC(Nc2cc(F)c(C3c4[nH]c5ccccc5c4CC(C)N3CC(C)(Cl)CO)c(F)c2)C1. The normalized spacial score (nSPS) is 22.6. The van der Waals surface area contributed by atoms with Crippen LogP contribution >= 0.6 is 11.6 Å². The first-order chi connectivity index (χ1) is 17.7. The number of para-hydroxylation sites is 1. The standard InChI is InChI=1S/C29H37ClF2N4O/c1-4-5-10-35-14-20(15-35)33-19-12-23(31)26(24(32)13-19)28-27-22(21-8-6-7-9-25(21)34-27)11-18(2)36(28)16-29(3,30)17-37/h6-9,12-13,18,20,28,33-34,37H,4-5,10-11,14-17H2,1-3H3. The Labute approximate surface area is 222 Å². The number of hydrogen-bond donors (Lipinski definition) is 3. The van der Waals surface area contributed by atoms with Crippen molar-refractivity contribution in [1.82, 2.24) is 14.8 Å². The number of unbranched alkanes of at least 4 members (excludes halogenated alkanes) is 1. The second kappa shape index (κ2) is 10.5. The molecule has 200 valence electrons. The average molecular weight is 531 g/mol. The van der Waals surface area contributed by atoms with Crippen LogP contribution in [0, 0.1) is 11.6 Å². The first kappa shape index (κ1) is 26.4. The third kappa shape index (κ3) is 5.24. The number of hydrogen-bond acceptors (Lipinski definition) is 4. The number of H-pyrrole nitrogens is 1. The summed E-state index contributed by atoms with van der Waals surface area (Å²) < 4.78 is 31.7. The molecule has 5 nitrogen and oxygen atoms in total. The molecule has 37 heavy (non-hydrogen) atoms. The summed E-state index contributed by atoms with van der Waals surface area (Å²) in [6, 6.07) is 10.3. The molecule has 0 radical (unpaired) electrons. The summed E-state index contributed by atoms with van der Waals surface area (Å²) in [5.41, 5.74) is 3.28. The van der Waals surface area contributed by atoms with Gasteiger partial charge in [0.05, 0.1) is 23.6 Å². The average Bonchev–Trinajstić information content (AvgIpc) is 3.19. The van der Waals surface area contributed by atoms with Crippen LogP contribution in [0.25, 0.3) is 10.9 Å². The van der Waals surface area contributed by atoms with Gasteiger partial charge in [-0.25, -0.2) is 8.78 Å². The fraction of sp³-hybridized carbons (Fsp3) is 0.517. The zero-order valence-corrected chi connectivity index (χ0v) is 22.6. The predicted octanol–water partition coefficient (Wildman–Crippen LogP) is 5.67. The highest BCUT2D eigenvalue weighted by atomic mass is 35.5. The van der Waals surface area contributed by atoms with Crippen molar-refractivity contribution in [2.24, 2.45) is 0 Å². The van der Waals surface area contributed by atoms with Gasteiger partial charge in [-0.3, -0.25) is 9.80 Å². The van der Waals surface area contributed by atoms with Crippen LogP contribution in [-0.4, -0.2) is 69.6 Å². The number of benzene rings is 2. The monoisotopic (exact) mass is 530 g/mol. The van der Waals surface area contributed by atoms with Gasteiger partial charge >= 0.3 is 0 Å². The van der Waals surface area contributed by atoms with Crippen molar-refractivity contribution in [1.29, 1.82) is 0 Å². The van der Waals surface area contributed by atoms with E-state index >= 15 is 8.78 Å². The third-order valence-electron chi connectivity index (χ3n) is 7.87. The van der Waals surface area contributed by atoms with Gasteiger partial charge in [-0.15, -0.1) is 11.6 Å². The fourth-order valence-electron chi connectivity index (χ4n) is 5.89. The van der Waals surface area contributed by atoms with E-state index in [1.807, 2.05) is 29.2 Å². The summed E-state index contributed by atoms with van der Waals surface area (Å²) >= 11 is 6.60. The maximum atomic E-state index is 15.9. The van der Waals surface area contributed by atoms with E-state index in [0.29, 0.717) is 12.1 Å². The van der Waals surface area contributed by atoms with Crippen LogP contribution in [0.4, 0.5) is 14.5 Å². The topological polar surface area (TPSA) is 54.5 Å². The van der Waals surface area contributed by atoms with Crippen LogP contribution in [0.5, 0.6) is 0 Å². The lowest BCUT2D eigenvalue weighted by molar-refractivity contribution is 0.110. The summed E-state index contributed by atoms with van der Waals surface area (Å²) in [5.74, 6) is -1.17. The molecule has 0 amide bonds. The highest BCUT2D eigenvalue weighted by molar-refractivity contribution is 6.24. The zero-order valence-electron chi connectivity index (χ0n) is 21.8. The van der Waals surface area contributed by atoms with Gasteiger partial charge < -0.3 is 15.4 Å². The molecular formula is C29H37ClF2N4O. The Kier molecular flexibility index (Phi) is 7.51. The van der Waals surface area contributed by atoms with Gasteiger partial charge in [0.25, 0.3) is 0 Å². The Balaban J connectivity index is 1.50. The largest absolute Gasteiger partial charge is 0.395 e. The molecule has 8 heteroatoms. The number of aromatic nitrogens is 1. The molecule has 3 unspecified atom stereocenters. The van der Waals surface area contributed by atoms with Gasteiger partial charge in [-0.2, -0.15) is 0 Å². The number of anilines is 1. The molecular weight excluding hydrogens is 494 g/mol. The number of nitrogens with zero attached hydrogens (tertiary/aromatic N) is 2. The van der Waals surface area contributed by atoms with Gasteiger partial charge in [0, 0.05) is 53.5 Å². The van der Waals surface area contributed by atoms with Crippen LogP contribution in [0.1, 0.15) is 56.5 Å². The number of aliphatic hydroxyl groups is 1. The molecule has 3 aromatic rings. The van der Waals surface area contributed by atoms with E-state index in [-0.39, 0.29) is 30.8 Å². The van der Waals surface area contributed by atoms with Crippen LogP contribution < -0.4 is 5.32 Å². The fourth-order valence-corrected chi connectivity index (χ4v) is 6.02. The van der Waals surface area contributed by atoms with Crippen molar-refractivity contribution in [3.05, 3.63) is 64.9 Å². The van der Waals surface area contributed by atoms with Crippen LogP contribution in [0.2, 0.25) is 0 Å². The number of likely N-dealkylation sites (tertiary alicyclic amines) is 1. The van der Waals surface area contributed by atoms with E-state index in [2.05, 4.69) is 29.0 Å². The quantitative estimate of drug-likeness (QED) is 0.312. The lowest BCUT2D eigenvalue weighted by atomic mass is 9.87. The number of halogens is 3. The van der Waals surface area contributed by atoms with Crippen molar-refractivity contribution in [3.8, 4) is 0 Å². The van der Waals surface area contributed by atoms with Crippen LogP contribution in [0.15, 0.2) is 36.4 Å². The zero-order chi connectivity index (χ0) is 26.3. The summed E-state index contributed by atoms with van der Waals surface area (Å²) in [7, 11) is 0. The number of rotatable bonds is 9. The lowest BCUT2D eigenvalue weighted by Crippen LogP contribution is -2.54. The summed E-state index contributed by atoms with van der Waals surface area (Å²) in [5, 5.41) is 14.3. The van der Waals surface area contributed by atoms with Crippen LogP contribution in [0.3, 0.4) is 0 Å². The highest BCUT2D eigenvalue weighted by Crippen LogP contribution is 2.43. The van der Waals surface area contributed by atoms with Gasteiger partial charge in [-0.05, 0) is 57.0 Å². The predicted molar refractivity (Wildman–Crippen MR) is 146 cm³/mol. The Morgan fingerprint density at radius 1 is 1.19 bits per heavy atom. The van der Waals surface area contributed by atoms with Crippen molar-refractivity contribution < 1.29 is 13.9 Å². The molecule has 1 fully saturated rings. The number of nitrogens with one attached hydrogen (secondary N) is 2. The Morgan fingerprint density at radius 2 is 1.89 bits per heavy atom. The second-order valence-electron chi connectivity index (χ2n) is 11.1. The summed E-state index contributed by atoms with van der Waals surface area (Å²) in [4.78, 5) is 6.89. The van der Waals surface area contributed by atoms with Gasteiger partial charge in [0.15, 0.2) is 0 Å². The number of fused-ring (bicyclic) bond motifs is 3. The Morgan fingerprint density at radius 3 is 2.57 bits per heavy atom. The number of aliphatic hydroxyl groups excluding tert-OH is 1. The van der Waals surface area contributed by atoms with E-state index in [1.54, 1.807) is 6.92 Å². The minimum atomic E-state index is -0.946. The molecule has 0 saturated carbocycles. The van der Waals surface area contributed by atoms with E-state index in [9.17, 15) is 5.11 Å². The molecule has 2 aliphatic heterocycles. The van der Waals surface area contributed by atoms with E-state index < -0.39 is 22.6 Å². The minimum Gasteiger partial charge on any atom is -0.395 e. The van der Waals surface area contributed by atoms with Gasteiger partial charge in [0.2, 0.25) is 0 Å². The lowest BCUT2D eigenvalue weighted by Gasteiger charge is -2.44. The maximum absolute atomic E-state index is 15.9. The molecule has 2 aromatic carbocycles. The van der Waals surface area contributed by atoms with Gasteiger partial charge in [-0.1, -0.05) is 31.5 Å². The molecule has 3 heterocycles. The van der Waals surface area contributed by atoms with Crippen molar-refractivity contribution in [3.63, 3.8) is 0 Å². The Bertz CT molecular complexity index is 1230. The molecule has 0 aliphatic carbocycles. The third-order valence-corrected chi connectivity index (χ3v) is 8.11. The molecule has 2 aliphatic rings. The molecule has 3 N–H and O–H groups in total. The van der Waals surface area contributed by atoms with E-state index in [1.165, 1.54) is 12.1 Å². The van der Waals surface area contributed by atoms with E-state index in [0.717, 1.165) is 54.6 Å². The van der Waals surface area contributed by atoms with Crippen molar-refractivity contribution in [2.45, 2.75) is 63.0 Å². The van der Waals surface area contributed by atoms with Crippen LogP contribution in [-0.2, 0) is 6.42 Å². The Hall–Kier alpha value is -2.19. The molecule has 1 saturated heterocycles. The maximum Gasteiger partial charge on any atom is 0.133 e. The molecule has 1 aromatic heterocycles. The molecule has 0 bridgehead atoms. The first-order valence-electron chi connectivity index (χ1n) is 13.3. The van der Waals surface area contributed by atoms with Gasteiger partial charge in [0.1, 0.15) is 11.6 Å². The van der Waals surface area contributed by atoms with Crippen molar-refractivity contribution in [2.75, 3.05) is 38.1 Å².